The van der Waals surface area contributed by atoms with Gasteiger partial charge in [-0.05, 0) is 38.1 Å². The van der Waals surface area contributed by atoms with Crippen LogP contribution in [0.4, 0.5) is 49.1 Å². The number of halogens is 9. The van der Waals surface area contributed by atoms with Crippen LogP contribution in [0.1, 0.15) is 47.4 Å². The van der Waals surface area contributed by atoms with Gasteiger partial charge in [0.2, 0.25) is 0 Å². The third kappa shape index (κ3) is 27.3. The van der Waals surface area contributed by atoms with Crippen molar-refractivity contribution >= 4 is 134 Å². The van der Waals surface area contributed by atoms with Gasteiger partial charge in [0.25, 0.3) is 11.4 Å². The molecule has 2 fully saturated rings. The van der Waals surface area contributed by atoms with Crippen molar-refractivity contribution in [1.82, 2.24) is 10.2 Å². The molecule has 0 atom stereocenters. The van der Waals surface area contributed by atoms with Gasteiger partial charge in [0.05, 0.1) is 35.9 Å². The van der Waals surface area contributed by atoms with Gasteiger partial charge in [-0.1, -0.05) is 22.6 Å². The van der Waals surface area contributed by atoms with Crippen molar-refractivity contribution in [2.75, 3.05) is 86.3 Å². The van der Waals surface area contributed by atoms with Gasteiger partial charge in [0.15, 0.2) is 0 Å². The molecule has 2 heterocycles. The average molecular weight is 1030 g/mol. The number of nitro groups is 2. The Balaban J connectivity index is -0.000000852. The van der Waals surface area contributed by atoms with E-state index in [1.165, 1.54) is 24.3 Å². The van der Waals surface area contributed by atoms with Crippen molar-refractivity contribution in [1.29, 1.82) is 0 Å². The number of alkyl halides is 7. The summed E-state index contributed by atoms with van der Waals surface area (Å²) in [5.74, 6) is -1.42. The van der Waals surface area contributed by atoms with Crippen molar-refractivity contribution in [3.8, 4) is 0 Å². The lowest BCUT2D eigenvalue weighted by Gasteiger charge is -2.36. The van der Waals surface area contributed by atoms with Crippen LogP contribution in [0.5, 0.6) is 0 Å². The second-order valence-electron chi connectivity index (χ2n) is 12.1. The zero-order valence-electron chi connectivity index (χ0n) is 33.9. The highest BCUT2D eigenvalue weighted by Crippen LogP contribution is 2.29. The number of carbonyl (C=O) groups is 2. The van der Waals surface area contributed by atoms with E-state index in [0.717, 1.165) is 38.9 Å². The highest BCUT2D eigenvalue weighted by Gasteiger charge is 2.30. The van der Waals surface area contributed by atoms with E-state index in [4.69, 9.17) is 9.47 Å². The Labute approximate surface area is 391 Å². The first-order valence-electron chi connectivity index (χ1n) is 18.1. The number of hydrogen-bond acceptors (Lipinski definition) is 12. The standard InChI is InChI=1S/C16H20F3N3O4.C13H17N3O4.C3H4F3I.B4.B3.2ClH/c1-2-26-15(23)13-4-3-12(11-14(13)22(24)25)21-9-7-20(8-10-21)6-5-16(17,18)19;1-2-20-13(17)11-4-3-10(9-12(11)16(18)19)15-7-5-14-6-8-15;4-3(5,6)1-2-7;1-4(2)3;1-3-2;;/h3-4,11H,2,5-10H2,1H3;3-4,9,14H,2,5-8H2,1H3;1-2H2;;;2*1H. The van der Waals surface area contributed by atoms with Gasteiger partial charge in [-0.3, -0.25) is 25.1 Å². The molecule has 62 heavy (non-hydrogen) atoms. The highest BCUT2D eigenvalue weighted by molar-refractivity contribution is 14.1. The van der Waals surface area contributed by atoms with Gasteiger partial charge in [-0.25, -0.2) is 9.59 Å². The van der Waals surface area contributed by atoms with E-state index in [2.05, 4.69) is 48.9 Å². The number of nitro benzene ring substituents is 2. The zero-order chi connectivity index (χ0) is 46.1. The molecule has 11 radical (unpaired) electrons. The molecule has 0 aromatic heterocycles. The topological polar surface area (TPSA) is 161 Å². The number of carbonyl (C=O) groups excluding carboxylic acids is 2. The molecule has 0 amide bonds. The van der Waals surface area contributed by atoms with E-state index in [0.29, 0.717) is 31.9 Å². The molecule has 0 spiro atoms. The van der Waals surface area contributed by atoms with Crippen LogP contribution in [0.3, 0.4) is 0 Å². The first kappa shape index (κ1) is 63.3. The number of rotatable bonds is 11. The maximum Gasteiger partial charge on any atom is 0.390 e. The predicted octanol–water partition coefficient (Wildman–Crippen LogP) is 4.58. The summed E-state index contributed by atoms with van der Waals surface area (Å²) in [4.78, 5) is 50.3. The van der Waals surface area contributed by atoms with E-state index in [1.54, 1.807) is 53.5 Å². The fourth-order valence-electron chi connectivity index (χ4n) is 5.04. The van der Waals surface area contributed by atoms with Gasteiger partial charge < -0.3 is 24.6 Å². The first-order chi connectivity index (χ1) is 28.0. The number of nitrogens with zero attached hydrogens (tertiary/aromatic N) is 5. The van der Waals surface area contributed by atoms with Crippen LogP contribution < -0.4 is 15.1 Å². The molecule has 2 aliphatic heterocycles. The van der Waals surface area contributed by atoms with E-state index in [9.17, 15) is 56.2 Å². The maximum absolute atomic E-state index is 12.3. The van der Waals surface area contributed by atoms with E-state index in [-0.39, 0.29) is 71.5 Å². The molecule has 14 nitrogen and oxygen atoms in total. The smallest absolute Gasteiger partial charge is 0.390 e. The molecule has 1 N–H and O–H groups in total. The predicted molar refractivity (Wildman–Crippen MR) is 247 cm³/mol. The van der Waals surface area contributed by atoms with Crippen LogP contribution in [0.15, 0.2) is 36.4 Å². The molecular weight excluding hydrogens is 984 g/mol. The zero-order valence-corrected chi connectivity index (χ0v) is 37.7. The number of ether oxygens (including phenoxy) is 2. The van der Waals surface area contributed by atoms with Crippen LogP contribution in [0.2, 0.25) is 0 Å². The lowest BCUT2D eigenvalue weighted by Crippen LogP contribution is -2.47. The summed E-state index contributed by atoms with van der Waals surface area (Å²) in [5, 5.41) is 25.6. The molecule has 2 aliphatic rings. The van der Waals surface area contributed by atoms with Gasteiger partial charge in [0, 0.05) is 139 Å². The number of anilines is 2. The molecule has 4 rings (SSSR count). The third-order valence-electron chi connectivity index (χ3n) is 7.66. The molecule has 0 saturated carbocycles. The minimum absolute atomic E-state index is 0. The third-order valence-corrected chi connectivity index (χ3v) is 8.20. The molecule has 2 saturated heterocycles. The Bertz CT molecular complexity index is 1630. The number of esters is 2. The quantitative estimate of drug-likeness (QED) is 0.0637. The molecule has 333 valence electrons. The SMILES string of the molecule is CCOC(=O)c1ccc(N2CCN(CCC(F)(F)F)CC2)cc1[N+](=O)[O-].CCOC(=O)c1ccc(N2CCNCC2)cc1[N+](=O)[O-].Cl.Cl.FC(F)(F)CCI.[B]B([B])[B].[B][B][B]. The van der Waals surface area contributed by atoms with Gasteiger partial charge in [-0.2, -0.15) is 26.3 Å². The summed E-state index contributed by atoms with van der Waals surface area (Å²) < 4.78 is 79.8. The molecule has 0 bridgehead atoms. The van der Waals surface area contributed by atoms with Crippen LogP contribution >= 0.6 is 47.4 Å². The summed E-state index contributed by atoms with van der Waals surface area (Å²) in [6.45, 7) is 8.54. The number of hydrogen-bond donors (Lipinski definition) is 1. The molecule has 30 heteroatoms. The van der Waals surface area contributed by atoms with Crippen molar-refractivity contribution in [3.05, 3.63) is 67.8 Å². The van der Waals surface area contributed by atoms with E-state index in [1.807, 2.05) is 4.90 Å². The lowest BCUT2D eigenvalue weighted by atomic mass is 9.08. The Morgan fingerprint density at radius 2 is 1.11 bits per heavy atom. The average Bonchev–Trinajstić information content (AvgIpc) is 3.17. The Hall–Kier alpha value is -2.96. The molecule has 0 aliphatic carbocycles. The van der Waals surface area contributed by atoms with Crippen LogP contribution in [0, 0.1) is 20.2 Å². The monoisotopic (exact) mass is 1030 g/mol. The van der Waals surface area contributed by atoms with Gasteiger partial charge in [0.1, 0.15) is 11.1 Å². The molecular formula is C32H43B7Cl2F6IN6O8. The molecule has 2 aromatic carbocycles. The summed E-state index contributed by atoms with van der Waals surface area (Å²) in [6, 6.07) is 8.87. The van der Waals surface area contributed by atoms with E-state index >= 15 is 0 Å². The summed E-state index contributed by atoms with van der Waals surface area (Å²) in [5.41, 5.74) is 0.631. The minimum Gasteiger partial charge on any atom is -0.462 e. The highest BCUT2D eigenvalue weighted by atomic mass is 127. The van der Waals surface area contributed by atoms with Gasteiger partial charge >= 0.3 is 24.3 Å². The maximum atomic E-state index is 12.3. The second kappa shape index (κ2) is 33.5. The number of benzene rings is 2. The van der Waals surface area contributed by atoms with Crippen molar-refractivity contribution in [2.45, 2.75) is 39.0 Å². The Morgan fingerprint density at radius 1 is 0.758 bits per heavy atom. The minimum atomic E-state index is -4.18. The van der Waals surface area contributed by atoms with Crippen LogP contribution in [-0.4, -0.2) is 168 Å². The van der Waals surface area contributed by atoms with E-state index < -0.39 is 53.4 Å². The largest absolute Gasteiger partial charge is 0.462 e. The van der Waals surface area contributed by atoms with Crippen molar-refractivity contribution < 1.29 is 55.3 Å². The lowest BCUT2D eigenvalue weighted by molar-refractivity contribution is -0.385. The number of nitrogens with one attached hydrogen (secondary N) is 1. The van der Waals surface area contributed by atoms with Gasteiger partial charge in [-0.15, -0.1) is 24.8 Å². The Morgan fingerprint density at radius 3 is 1.40 bits per heavy atom. The normalized spacial score (nSPS) is 13.4. The van der Waals surface area contributed by atoms with Crippen LogP contribution in [-0.2, 0) is 9.47 Å². The Kier molecular flexibility index (Phi) is 34.3. The fourth-order valence-corrected chi connectivity index (χ4v) is 5.65. The van der Waals surface area contributed by atoms with Crippen molar-refractivity contribution in [3.63, 3.8) is 0 Å². The van der Waals surface area contributed by atoms with Crippen LogP contribution in [0.25, 0.3) is 0 Å². The number of piperazine rings is 2. The fraction of sp³-hybridized carbons (Fsp3) is 0.562. The summed E-state index contributed by atoms with van der Waals surface area (Å²) in [7, 11) is 24.0. The summed E-state index contributed by atoms with van der Waals surface area (Å²) >= 11 is 1.69. The summed E-state index contributed by atoms with van der Waals surface area (Å²) in [6.07, 6.45) is -10.3. The van der Waals surface area contributed by atoms with Crippen molar-refractivity contribution in [2.24, 2.45) is 0 Å². The molecule has 0 unspecified atom stereocenters. The second-order valence-corrected chi connectivity index (χ2v) is 13.2. The first-order valence-corrected chi connectivity index (χ1v) is 19.6. The molecule has 2 aromatic rings.